The van der Waals surface area contributed by atoms with Crippen molar-refractivity contribution in [2.24, 2.45) is 49.3 Å². The molecule has 0 saturated carbocycles. The number of imidazole rings is 3. The van der Waals surface area contributed by atoms with Gasteiger partial charge in [-0.1, -0.05) is 72.8 Å². The number of nitrogens with one attached hydrogen (secondary N) is 1. The van der Waals surface area contributed by atoms with Gasteiger partial charge in [-0.05, 0) is 99.2 Å². The van der Waals surface area contributed by atoms with Crippen LogP contribution in [0.5, 0.6) is 0 Å². The third-order valence-electron chi connectivity index (χ3n) is 13.8. The van der Waals surface area contributed by atoms with Crippen LogP contribution in [0.2, 0.25) is 0 Å². The molecule has 0 radical (unpaired) electrons. The summed E-state index contributed by atoms with van der Waals surface area (Å²) in [7, 11) is 12.3. The molecule has 0 atom stereocenters. The number of benzene rings is 5. The third kappa shape index (κ3) is 13.8. The lowest BCUT2D eigenvalue weighted by Gasteiger charge is -2.08. The number of hydrogen-bond acceptors (Lipinski definition) is 12. The normalized spacial score (nSPS) is 10.7. The summed E-state index contributed by atoms with van der Waals surface area (Å²) in [6.45, 7) is 6.12. The smallest absolute Gasteiger partial charge is 0.332 e. The van der Waals surface area contributed by atoms with Crippen molar-refractivity contribution in [3.8, 4) is 0 Å². The number of nitrogens with zero attached hydrogens (tertiary/aromatic N) is 13. The first-order chi connectivity index (χ1) is 39.9. The highest BCUT2D eigenvalue weighted by Gasteiger charge is 2.15. The van der Waals surface area contributed by atoms with Gasteiger partial charge in [0.25, 0.3) is 11.1 Å². The molecule has 21 heteroatoms. The number of aryl methyl sites for hydroxylation is 8. The van der Waals surface area contributed by atoms with Gasteiger partial charge in [-0.3, -0.25) is 27.9 Å². The molecule has 20 nitrogen and oxygen atoms in total. The average molecular weight is 1140 g/mol. The van der Waals surface area contributed by atoms with Crippen molar-refractivity contribution in [1.29, 1.82) is 0 Å². The summed E-state index contributed by atoms with van der Waals surface area (Å²) in [4.78, 5) is 81.7. The van der Waals surface area contributed by atoms with Crippen molar-refractivity contribution >= 4 is 93.6 Å². The van der Waals surface area contributed by atoms with Crippen LogP contribution in [0, 0.1) is 13.8 Å². The van der Waals surface area contributed by atoms with E-state index in [1.807, 2.05) is 72.2 Å². The molecule has 0 unspecified atom stereocenters. The molecule has 0 bridgehead atoms. The van der Waals surface area contributed by atoms with Gasteiger partial charge < -0.3 is 32.5 Å². The summed E-state index contributed by atoms with van der Waals surface area (Å²) in [5.74, 6) is 0.118. The quantitative estimate of drug-likeness (QED) is 0.160. The molecule has 83 heavy (non-hydrogen) atoms. The zero-order chi connectivity index (χ0) is 59.3. The largest absolute Gasteiger partial charge is 0.443 e. The Bertz CT molecular complexity index is 4460. The Hall–Kier alpha value is -10.0. The second-order valence-electron chi connectivity index (χ2n) is 19.6. The number of hydrogen-bond donors (Lipinski definition) is 1. The van der Waals surface area contributed by atoms with E-state index in [9.17, 15) is 24.0 Å². The number of carbonyl (C=O) groups excluding carboxylic acids is 1. The number of ketones is 1. The molecule has 14 rings (SSSR count). The van der Waals surface area contributed by atoms with Gasteiger partial charge in [0.1, 0.15) is 11.3 Å². The number of carbonyl (C=O) groups is 1. The van der Waals surface area contributed by atoms with Gasteiger partial charge in [0.15, 0.2) is 34.3 Å². The summed E-state index contributed by atoms with van der Waals surface area (Å²) < 4.78 is 18.9. The number of oxazole rings is 1. The van der Waals surface area contributed by atoms with E-state index in [-0.39, 0.29) is 28.3 Å². The van der Waals surface area contributed by atoms with Crippen LogP contribution in [0.3, 0.4) is 0 Å². The number of rotatable bonds is 5. The Kier molecular flexibility index (Phi) is 19.2. The highest BCUT2D eigenvalue weighted by atomic mass is 32.1. The van der Waals surface area contributed by atoms with E-state index in [1.165, 1.54) is 84.5 Å². The first-order valence-electron chi connectivity index (χ1n) is 26.6. The molecule has 0 spiro atoms. The Morgan fingerprint density at radius 2 is 1.18 bits per heavy atom. The minimum Gasteiger partial charge on any atom is -0.443 e. The van der Waals surface area contributed by atoms with Gasteiger partial charge in [-0.25, -0.2) is 34.5 Å². The van der Waals surface area contributed by atoms with Crippen molar-refractivity contribution < 1.29 is 9.21 Å². The van der Waals surface area contributed by atoms with E-state index in [0.717, 1.165) is 32.2 Å². The first kappa shape index (κ1) is 59.1. The monoisotopic (exact) mass is 1130 g/mol. The molecule has 0 saturated heterocycles. The maximum Gasteiger partial charge on any atom is 0.332 e. The van der Waals surface area contributed by atoms with Crippen LogP contribution in [0.15, 0.2) is 188 Å². The predicted octanol–water partition coefficient (Wildman–Crippen LogP) is 9.82. The van der Waals surface area contributed by atoms with Crippen molar-refractivity contribution in [2.75, 3.05) is 0 Å². The number of unbranched alkanes of at least 4 members (excludes halogenated alkanes) is 1. The summed E-state index contributed by atoms with van der Waals surface area (Å²) in [5, 5.41) is 2.68. The van der Waals surface area contributed by atoms with E-state index in [2.05, 4.69) is 134 Å². The number of thiazole rings is 1. The number of Topliss-reactive ketones (excluding diaryl/α,β-unsaturated/α-hetero) is 1. The van der Waals surface area contributed by atoms with E-state index in [0.29, 0.717) is 48.1 Å². The Balaban J connectivity index is 0.000000129. The number of aromatic amines is 1. The maximum atomic E-state index is 12.3. The van der Waals surface area contributed by atoms with Gasteiger partial charge in [0.05, 0.1) is 45.7 Å². The van der Waals surface area contributed by atoms with Crippen LogP contribution >= 0.6 is 11.3 Å². The second kappa shape index (κ2) is 27.0. The third-order valence-corrected chi connectivity index (χ3v) is 14.6. The van der Waals surface area contributed by atoms with Gasteiger partial charge in [0, 0.05) is 90.6 Å². The highest BCUT2D eigenvalue weighted by molar-refractivity contribution is 7.16. The lowest BCUT2D eigenvalue weighted by molar-refractivity contribution is -0.117. The number of aromatic nitrogens is 14. The summed E-state index contributed by atoms with van der Waals surface area (Å²) in [6.07, 6.45) is 10.1. The van der Waals surface area contributed by atoms with Crippen LogP contribution in [0.25, 0.3) is 76.5 Å². The van der Waals surface area contributed by atoms with Crippen LogP contribution < -0.4 is 22.5 Å². The van der Waals surface area contributed by atoms with Gasteiger partial charge in [-0.15, -0.1) is 11.3 Å². The molecule has 0 amide bonds. The SMILES string of the molecule is CC(=O)CCCCn1c(=O)c2c(ncn2C)n(C)c1=O.Cc1cc2ccccc2n1C.Cc1cn(C)c2ccccc12.Cn1c(=O)c2c(ncn2C)n(C)c1=O.c1ccc2[nH]cnc2c1.c1ccc2ocnc2c1.c1ccc2scnc2c1. The Morgan fingerprint density at radius 3 is 1.84 bits per heavy atom. The van der Waals surface area contributed by atoms with Crippen molar-refractivity contribution in [3.63, 3.8) is 0 Å². The predicted molar refractivity (Wildman–Crippen MR) is 331 cm³/mol. The molecule has 14 aromatic rings. The van der Waals surface area contributed by atoms with E-state index in [1.54, 1.807) is 55.0 Å². The molecule has 0 aliphatic heterocycles. The van der Waals surface area contributed by atoms with Crippen molar-refractivity contribution in [3.05, 3.63) is 217 Å². The molecule has 426 valence electrons. The summed E-state index contributed by atoms with van der Waals surface area (Å²) >= 11 is 1.68. The van der Waals surface area contributed by atoms with Crippen LogP contribution in [-0.4, -0.2) is 72.2 Å². The second-order valence-corrected chi connectivity index (χ2v) is 20.5. The average Bonchev–Trinajstić information content (AvgIpc) is 4.48. The number of para-hydroxylation sites is 7. The minimum absolute atomic E-state index is 0.118. The van der Waals surface area contributed by atoms with Crippen molar-refractivity contribution in [2.45, 2.75) is 46.6 Å². The fraction of sp³-hybridized carbons (Fsp3) is 0.226. The zero-order valence-corrected chi connectivity index (χ0v) is 48.9. The summed E-state index contributed by atoms with van der Waals surface area (Å²) in [5.41, 5.74) is 12.4. The lowest BCUT2D eigenvalue weighted by Crippen LogP contribution is -2.39. The zero-order valence-electron chi connectivity index (χ0n) is 48.1. The molecular weight excluding hydrogens is 1070 g/mol. The molecule has 5 aromatic carbocycles. The van der Waals surface area contributed by atoms with E-state index in [4.69, 9.17) is 4.42 Å². The van der Waals surface area contributed by atoms with Gasteiger partial charge in [0.2, 0.25) is 0 Å². The van der Waals surface area contributed by atoms with E-state index >= 15 is 0 Å². The fourth-order valence-corrected chi connectivity index (χ4v) is 9.84. The lowest BCUT2D eigenvalue weighted by atomic mass is 10.2. The molecular formula is C62H66N14O6S. The van der Waals surface area contributed by atoms with Gasteiger partial charge >= 0.3 is 11.4 Å². The maximum absolute atomic E-state index is 12.3. The van der Waals surface area contributed by atoms with Crippen molar-refractivity contribution in [1.82, 2.24) is 66.4 Å². The topological polar surface area (TPSA) is 218 Å². The fourth-order valence-electron chi connectivity index (χ4n) is 9.17. The molecule has 1 N–H and O–H groups in total. The minimum atomic E-state index is -0.371. The first-order valence-corrected chi connectivity index (χ1v) is 27.5. The molecule has 9 heterocycles. The standard InChI is InChI=1S/C13H18N4O3.2C10H11N.C8H10N4O2.C7H6N2.C7H5NO.C7H5NS/c1-9(18)6-4-5-7-17-12(19)10-11(14-8-15(10)2)16(3)13(17)20;1-8-7-11(2)10-6-4-3-5-9(8)10;1-8-7-9-5-3-4-6-10(9)11(8)2;1-10-4-9-6-5(10)7(13)12(3)8(14)11(6)2;3*1-2-4-7-6(3-1)8-5-9-7/h8H,4-7H2,1-3H3;2*3-7H,1-2H3;4H,1-3H3;1-5H,(H,8,9);2*1-5H. The number of fused-ring (bicyclic) bond motifs is 7. The Morgan fingerprint density at radius 1 is 0.578 bits per heavy atom. The molecule has 9 aromatic heterocycles. The van der Waals surface area contributed by atoms with E-state index < -0.39 is 0 Å². The highest BCUT2D eigenvalue weighted by Crippen LogP contribution is 2.20. The number of H-pyrrole nitrogens is 1. The van der Waals surface area contributed by atoms with Crippen LogP contribution in [-0.2, 0) is 60.7 Å². The summed E-state index contributed by atoms with van der Waals surface area (Å²) in [6, 6.07) is 42.8. The molecule has 0 aliphatic carbocycles. The van der Waals surface area contributed by atoms with Gasteiger partial charge in [-0.2, -0.15) is 0 Å². The molecule has 0 aliphatic rings. The molecule has 0 fully saturated rings. The van der Waals surface area contributed by atoms with Crippen LogP contribution in [0.1, 0.15) is 37.4 Å². The Labute approximate surface area is 480 Å². The van der Waals surface area contributed by atoms with Crippen LogP contribution in [0.4, 0.5) is 0 Å².